The Morgan fingerprint density at radius 3 is 2.53 bits per heavy atom. The van der Waals surface area contributed by atoms with Crippen molar-refractivity contribution < 1.29 is 23.1 Å². The normalized spacial score (nSPS) is 11.6. The minimum Gasteiger partial charge on any atom is -0.478 e. The van der Waals surface area contributed by atoms with Crippen LogP contribution in [0.2, 0.25) is 5.02 Å². The molecule has 0 radical (unpaired) electrons. The number of rotatable bonds is 2. The summed E-state index contributed by atoms with van der Waals surface area (Å²) >= 11 is 5.73. The summed E-state index contributed by atoms with van der Waals surface area (Å²) in [7, 11) is 0. The number of hydrogen-bond donors (Lipinski definition) is 1. The molecule has 0 fully saturated rings. The lowest BCUT2D eigenvalue weighted by Gasteiger charge is -2.08. The second-order valence-electron chi connectivity index (χ2n) is 3.58. The van der Waals surface area contributed by atoms with Crippen molar-refractivity contribution in [3.05, 3.63) is 46.7 Å². The fraction of sp³-hybridized carbons (Fsp3) is 0.0909. The number of carbonyl (C=O) groups is 1. The van der Waals surface area contributed by atoms with E-state index in [1.54, 1.807) is 0 Å². The summed E-state index contributed by atoms with van der Waals surface area (Å²) in [5.74, 6) is -1.34. The zero-order valence-electron chi connectivity index (χ0n) is 9.15. The van der Waals surface area contributed by atoms with E-state index >= 15 is 0 Å². The molecule has 0 aliphatic rings. The van der Waals surface area contributed by atoms with Crippen LogP contribution in [0.25, 0.3) is 5.69 Å². The van der Waals surface area contributed by atoms with Gasteiger partial charge in [-0.15, -0.1) is 0 Å². The molecular weight excluding hydrogens is 285 g/mol. The maximum absolute atomic E-state index is 12.4. The van der Waals surface area contributed by atoms with Crippen molar-refractivity contribution >= 4 is 17.6 Å². The molecule has 0 aliphatic carbocycles. The molecule has 0 unspecified atom stereocenters. The Bertz CT molecular complexity index is 637. The second-order valence-corrected chi connectivity index (χ2v) is 3.99. The van der Waals surface area contributed by atoms with Crippen molar-refractivity contribution in [3.63, 3.8) is 0 Å². The van der Waals surface area contributed by atoms with Crippen LogP contribution in [0.3, 0.4) is 0 Å². The van der Waals surface area contributed by atoms with E-state index in [2.05, 4.69) is 5.10 Å². The number of alkyl halides is 3. The van der Waals surface area contributed by atoms with Crippen LogP contribution in [0.15, 0.2) is 30.5 Å². The van der Waals surface area contributed by atoms with E-state index in [9.17, 15) is 18.0 Å². The molecule has 0 saturated heterocycles. The molecule has 1 aromatic heterocycles. The Labute approximate surface area is 110 Å². The first-order chi connectivity index (χ1) is 8.80. The number of carboxylic acids is 1. The summed E-state index contributed by atoms with van der Waals surface area (Å²) in [4.78, 5) is 11.1. The molecule has 1 heterocycles. The zero-order chi connectivity index (χ0) is 14.2. The van der Waals surface area contributed by atoms with Gasteiger partial charge < -0.3 is 5.11 Å². The Morgan fingerprint density at radius 1 is 1.32 bits per heavy atom. The van der Waals surface area contributed by atoms with Crippen molar-refractivity contribution in [2.45, 2.75) is 6.18 Å². The van der Waals surface area contributed by atoms with Crippen LogP contribution in [-0.4, -0.2) is 20.9 Å². The molecule has 0 amide bonds. The maximum atomic E-state index is 12.4. The van der Waals surface area contributed by atoms with Crippen molar-refractivity contribution in [1.82, 2.24) is 9.78 Å². The predicted molar refractivity (Wildman–Crippen MR) is 60.5 cm³/mol. The topological polar surface area (TPSA) is 55.1 Å². The fourth-order valence-electron chi connectivity index (χ4n) is 1.52. The summed E-state index contributed by atoms with van der Waals surface area (Å²) < 4.78 is 38.1. The quantitative estimate of drug-likeness (QED) is 0.924. The standard InChI is InChI=1S/C11H6ClF3N2O2/c12-6-2-1-3-7(9(6)10(18)19)17-5-4-8(16-17)11(13,14)15/h1-5H,(H,18,19). The van der Waals surface area contributed by atoms with Crippen LogP contribution < -0.4 is 0 Å². The van der Waals surface area contributed by atoms with E-state index in [-0.39, 0.29) is 16.3 Å². The van der Waals surface area contributed by atoms with Crippen molar-refractivity contribution in [2.75, 3.05) is 0 Å². The third kappa shape index (κ3) is 2.55. The number of aromatic nitrogens is 2. The highest BCUT2D eigenvalue weighted by molar-refractivity contribution is 6.34. The van der Waals surface area contributed by atoms with Crippen LogP contribution in [-0.2, 0) is 6.18 Å². The third-order valence-electron chi connectivity index (χ3n) is 2.33. The van der Waals surface area contributed by atoms with Gasteiger partial charge >= 0.3 is 12.1 Å². The smallest absolute Gasteiger partial charge is 0.435 e. The van der Waals surface area contributed by atoms with Gasteiger partial charge in [-0.2, -0.15) is 18.3 Å². The minimum absolute atomic E-state index is 0.0319. The summed E-state index contributed by atoms with van der Waals surface area (Å²) in [5.41, 5.74) is -1.44. The Hall–Kier alpha value is -2.02. The van der Waals surface area contributed by atoms with Crippen molar-refractivity contribution in [3.8, 4) is 5.69 Å². The molecular formula is C11H6ClF3N2O2. The highest BCUT2D eigenvalue weighted by Gasteiger charge is 2.34. The first-order valence-electron chi connectivity index (χ1n) is 4.96. The maximum Gasteiger partial charge on any atom is 0.435 e. The molecule has 1 N–H and O–H groups in total. The van der Waals surface area contributed by atoms with Gasteiger partial charge in [0.25, 0.3) is 0 Å². The average Bonchev–Trinajstić information content (AvgIpc) is 2.76. The van der Waals surface area contributed by atoms with Gasteiger partial charge in [0.2, 0.25) is 0 Å². The molecule has 0 aliphatic heterocycles. The first-order valence-corrected chi connectivity index (χ1v) is 5.33. The molecule has 0 atom stereocenters. The number of carboxylic acid groups (broad SMARTS) is 1. The van der Waals surface area contributed by atoms with Crippen LogP contribution in [0.5, 0.6) is 0 Å². The van der Waals surface area contributed by atoms with Crippen LogP contribution in [0.4, 0.5) is 13.2 Å². The number of benzene rings is 1. The highest BCUT2D eigenvalue weighted by Crippen LogP contribution is 2.29. The first kappa shape index (κ1) is 13.4. The van der Waals surface area contributed by atoms with Crippen molar-refractivity contribution in [2.24, 2.45) is 0 Å². The lowest BCUT2D eigenvalue weighted by molar-refractivity contribution is -0.141. The van der Waals surface area contributed by atoms with Gasteiger partial charge in [-0.25, -0.2) is 9.48 Å². The van der Waals surface area contributed by atoms with E-state index in [0.29, 0.717) is 0 Å². The van der Waals surface area contributed by atoms with Gasteiger partial charge in [-0.05, 0) is 18.2 Å². The molecule has 4 nitrogen and oxygen atoms in total. The van der Waals surface area contributed by atoms with Crippen LogP contribution in [0, 0.1) is 0 Å². The van der Waals surface area contributed by atoms with Crippen LogP contribution in [0.1, 0.15) is 16.1 Å². The largest absolute Gasteiger partial charge is 0.478 e. The number of halogens is 4. The van der Waals surface area contributed by atoms with E-state index in [0.717, 1.165) is 16.9 Å². The summed E-state index contributed by atoms with van der Waals surface area (Å²) in [5, 5.41) is 12.3. The molecule has 8 heteroatoms. The molecule has 0 bridgehead atoms. The van der Waals surface area contributed by atoms with Gasteiger partial charge in [0, 0.05) is 6.20 Å². The average molecular weight is 291 g/mol. The summed E-state index contributed by atoms with van der Waals surface area (Å²) in [6.07, 6.45) is -3.56. The second kappa shape index (κ2) is 4.58. The Kier molecular flexibility index (Phi) is 3.23. The van der Waals surface area contributed by atoms with Gasteiger partial charge in [-0.3, -0.25) is 0 Å². The third-order valence-corrected chi connectivity index (χ3v) is 2.65. The summed E-state index contributed by atoms with van der Waals surface area (Å²) in [6.45, 7) is 0. The number of hydrogen-bond acceptors (Lipinski definition) is 2. The molecule has 0 spiro atoms. The molecule has 100 valence electrons. The zero-order valence-corrected chi connectivity index (χ0v) is 9.90. The molecule has 1 aromatic carbocycles. The van der Waals surface area contributed by atoms with Crippen LogP contribution >= 0.6 is 11.6 Å². The number of nitrogens with zero attached hydrogens (tertiary/aromatic N) is 2. The molecule has 2 rings (SSSR count). The molecule has 19 heavy (non-hydrogen) atoms. The Morgan fingerprint density at radius 2 is 2.00 bits per heavy atom. The van der Waals surface area contributed by atoms with E-state index in [1.807, 2.05) is 0 Å². The van der Waals surface area contributed by atoms with E-state index in [1.165, 1.54) is 18.2 Å². The highest BCUT2D eigenvalue weighted by atomic mass is 35.5. The Balaban J connectivity index is 2.57. The monoisotopic (exact) mass is 290 g/mol. The van der Waals surface area contributed by atoms with E-state index in [4.69, 9.17) is 16.7 Å². The molecule has 0 saturated carbocycles. The SMILES string of the molecule is O=C(O)c1c(Cl)cccc1-n1ccc(C(F)(F)F)n1. The fourth-order valence-corrected chi connectivity index (χ4v) is 1.78. The minimum atomic E-state index is -4.59. The lowest BCUT2D eigenvalue weighted by atomic mass is 10.2. The van der Waals surface area contributed by atoms with Gasteiger partial charge in [0.15, 0.2) is 5.69 Å². The van der Waals surface area contributed by atoms with Gasteiger partial charge in [-0.1, -0.05) is 17.7 Å². The van der Waals surface area contributed by atoms with Gasteiger partial charge in [0.05, 0.1) is 10.7 Å². The predicted octanol–water partition coefficient (Wildman–Crippen LogP) is 3.24. The number of aromatic carboxylic acids is 1. The summed E-state index contributed by atoms with van der Waals surface area (Å²) in [6, 6.07) is 4.84. The molecule has 2 aromatic rings. The van der Waals surface area contributed by atoms with E-state index < -0.39 is 17.8 Å². The lowest BCUT2D eigenvalue weighted by Crippen LogP contribution is -2.10. The van der Waals surface area contributed by atoms with Gasteiger partial charge in [0.1, 0.15) is 5.56 Å². The van der Waals surface area contributed by atoms with Crippen molar-refractivity contribution in [1.29, 1.82) is 0 Å².